The number of carbonyl (C=O) groups excluding carboxylic acids is 4. The second-order valence-corrected chi connectivity index (χ2v) is 7.32. The number of benzene rings is 1. The van der Waals surface area contributed by atoms with Crippen molar-refractivity contribution < 1.29 is 28.7 Å². The molecule has 3 N–H and O–H groups in total. The van der Waals surface area contributed by atoms with Crippen LogP contribution in [0.25, 0.3) is 10.9 Å². The summed E-state index contributed by atoms with van der Waals surface area (Å²) in [5.74, 6) is -2.02. The number of anilines is 1. The lowest BCUT2D eigenvalue weighted by molar-refractivity contribution is -0.148. The number of rotatable bonds is 7. The molecule has 0 aliphatic carbocycles. The van der Waals surface area contributed by atoms with E-state index in [1.54, 1.807) is 25.1 Å². The van der Waals surface area contributed by atoms with E-state index in [0.717, 1.165) is 0 Å². The highest BCUT2D eigenvalue weighted by Crippen LogP contribution is 2.30. The van der Waals surface area contributed by atoms with E-state index in [9.17, 15) is 19.2 Å². The van der Waals surface area contributed by atoms with Gasteiger partial charge in [-0.15, -0.1) is 0 Å². The third kappa shape index (κ3) is 5.15. The molecule has 31 heavy (non-hydrogen) atoms. The Balaban J connectivity index is 1.75. The molecule has 2 aromatic rings. The second kappa shape index (κ2) is 9.80. The molecule has 10 nitrogen and oxygen atoms in total. The summed E-state index contributed by atoms with van der Waals surface area (Å²) in [7, 11) is 1.23. The second-order valence-electron chi connectivity index (χ2n) is 6.88. The Morgan fingerprint density at radius 2 is 2.10 bits per heavy atom. The highest BCUT2D eigenvalue weighted by Gasteiger charge is 2.32. The Labute approximate surface area is 183 Å². The minimum absolute atomic E-state index is 0.0694. The normalized spacial score (nSPS) is 16.3. The van der Waals surface area contributed by atoms with Gasteiger partial charge in [0.1, 0.15) is 5.69 Å². The molecule has 1 aliphatic heterocycles. The van der Waals surface area contributed by atoms with Crippen LogP contribution in [0.5, 0.6) is 0 Å². The molecule has 0 spiro atoms. The molecule has 1 atom stereocenters. The van der Waals surface area contributed by atoms with E-state index in [2.05, 4.69) is 15.6 Å². The number of carbonyl (C=O) groups is 4. The summed E-state index contributed by atoms with van der Waals surface area (Å²) in [6.07, 6.45) is -0.113. The lowest BCUT2D eigenvalue weighted by Gasteiger charge is -2.32. The van der Waals surface area contributed by atoms with Crippen LogP contribution in [-0.2, 0) is 23.9 Å². The van der Waals surface area contributed by atoms with Crippen molar-refractivity contribution in [2.75, 3.05) is 38.7 Å². The molecule has 166 valence electrons. The molecule has 1 aliphatic rings. The first-order valence-electron chi connectivity index (χ1n) is 9.71. The van der Waals surface area contributed by atoms with Gasteiger partial charge in [-0.3, -0.25) is 14.4 Å². The molecule has 11 heteroatoms. The van der Waals surface area contributed by atoms with Crippen LogP contribution in [-0.4, -0.2) is 73.0 Å². The zero-order valence-corrected chi connectivity index (χ0v) is 17.9. The summed E-state index contributed by atoms with van der Waals surface area (Å²) in [5.41, 5.74) is 0.882. The highest BCUT2D eigenvalue weighted by atomic mass is 35.5. The SMILES string of the molecule is CCOC(=O)C[C@H]1NCCN(CC(=O)Nc2c(C(=O)OC)[nH]c3ccc(Cl)cc23)C1=O. The van der Waals surface area contributed by atoms with Gasteiger partial charge in [-0.25, -0.2) is 4.79 Å². The number of methoxy groups -OCH3 is 1. The Morgan fingerprint density at radius 1 is 1.32 bits per heavy atom. The van der Waals surface area contributed by atoms with Crippen molar-refractivity contribution >= 4 is 51.9 Å². The number of nitrogens with one attached hydrogen (secondary N) is 3. The van der Waals surface area contributed by atoms with Gasteiger partial charge in [0.25, 0.3) is 0 Å². The number of fused-ring (bicyclic) bond motifs is 1. The smallest absolute Gasteiger partial charge is 0.356 e. The fraction of sp³-hybridized carbons (Fsp3) is 0.400. The van der Waals surface area contributed by atoms with Gasteiger partial charge in [-0.1, -0.05) is 11.6 Å². The summed E-state index contributed by atoms with van der Waals surface area (Å²) in [4.78, 5) is 53.5. The fourth-order valence-electron chi connectivity index (χ4n) is 3.40. The minimum atomic E-state index is -0.752. The first-order chi connectivity index (χ1) is 14.8. The first kappa shape index (κ1) is 22.6. The fourth-order valence-corrected chi connectivity index (χ4v) is 3.57. The molecule has 0 bridgehead atoms. The molecule has 2 heterocycles. The monoisotopic (exact) mass is 450 g/mol. The highest BCUT2D eigenvalue weighted by molar-refractivity contribution is 6.31. The number of aromatic nitrogens is 1. The molecular weight excluding hydrogens is 428 g/mol. The molecule has 3 rings (SSSR count). The third-order valence-corrected chi connectivity index (χ3v) is 5.04. The van der Waals surface area contributed by atoms with E-state index in [4.69, 9.17) is 21.1 Å². The van der Waals surface area contributed by atoms with Crippen LogP contribution in [0.1, 0.15) is 23.8 Å². The van der Waals surface area contributed by atoms with E-state index in [1.165, 1.54) is 12.0 Å². The van der Waals surface area contributed by atoms with Crippen molar-refractivity contribution in [1.29, 1.82) is 0 Å². The van der Waals surface area contributed by atoms with Gasteiger partial charge in [-0.05, 0) is 25.1 Å². The molecular formula is C20H23ClN4O6. The van der Waals surface area contributed by atoms with E-state index >= 15 is 0 Å². The average molecular weight is 451 g/mol. The number of piperazine rings is 1. The van der Waals surface area contributed by atoms with Crippen molar-refractivity contribution in [1.82, 2.24) is 15.2 Å². The van der Waals surface area contributed by atoms with E-state index in [0.29, 0.717) is 29.0 Å². The van der Waals surface area contributed by atoms with Crippen LogP contribution in [0.15, 0.2) is 18.2 Å². The van der Waals surface area contributed by atoms with Crippen molar-refractivity contribution in [2.45, 2.75) is 19.4 Å². The van der Waals surface area contributed by atoms with Gasteiger partial charge in [-0.2, -0.15) is 0 Å². The molecule has 1 saturated heterocycles. The lowest BCUT2D eigenvalue weighted by atomic mass is 10.1. The van der Waals surface area contributed by atoms with Crippen LogP contribution in [0.2, 0.25) is 5.02 Å². The largest absolute Gasteiger partial charge is 0.466 e. The predicted octanol–water partition coefficient (Wildman–Crippen LogP) is 1.30. The quantitative estimate of drug-likeness (QED) is 0.542. The summed E-state index contributed by atoms with van der Waals surface area (Å²) in [6, 6.07) is 4.19. The maximum atomic E-state index is 12.7. The molecule has 2 amide bonds. The standard InChI is InChI=1S/C20H23ClN4O6/c1-3-31-16(27)9-14-19(28)25(7-6-22-14)10-15(26)24-17-12-8-11(21)4-5-13(12)23-18(17)20(29)30-2/h4-5,8,14,22-23H,3,6-7,9-10H2,1-2H3,(H,24,26)/t14-/m1/s1. The van der Waals surface area contributed by atoms with E-state index in [-0.39, 0.29) is 36.9 Å². The Bertz CT molecular complexity index is 1020. The number of nitrogens with zero attached hydrogens (tertiary/aromatic N) is 1. The van der Waals surface area contributed by atoms with Crippen molar-refractivity contribution in [3.63, 3.8) is 0 Å². The topological polar surface area (TPSA) is 130 Å². The number of amides is 2. The van der Waals surface area contributed by atoms with Crippen LogP contribution in [0.4, 0.5) is 5.69 Å². The van der Waals surface area contributed by atoms with Crippen LogP contribution in [0, 0.1) is 0 Å². The summed E-state index contributed by atoms with van der Waals surface area (Å²) >= 11 is 6.06. The van der Waals surface area contributed by atoms with Crippen LogP contribution < -0.4 is 10.6 Å². The molecule has 1 fully saturated rings. The Morgan fingerprint density at radius 3 is 2.81 bits per heavy atom. The number of H-pyrrole nitrogens is 1. The van der Waals surface area contributed by atoms with Crippen LogP contribution >= 0.6 is 11.6 Å². The van der Waals surface area contributed by atoms with Gasteiger partial charge >= 0.3 is 11.9 Å². The number of hydrogen-bond acceptors (Lipinski definition) is 7. The molecule has 0 unspecified atom stereocenters. The Kier molecular flexibility index (Phi) is 7.13. The summed E-state index contributed by atoms with van der Waals surface area (Å²) in [6.45, 7) is 2.40. The summed E-state index contributed by atoms with van der Waals surface area (Å²) in [5, 5.41) is 6.61. The average Bonchev–Trinajstić information content (AvgIpc) is 3.08. The maximum absolute atomic E-state index is 12.7. The van der Waals surface area contributed by atoms with E-state index in [1.807, 2.05) is 0 Å². The molecule has 1 aromatic carbocycles. The minimum Gasteiger partial charge on any atom is -0.466 e. The predicted molar refractivity (Wildman–Crippen MR) is 113 cm³/mol. The summed E-state index contributed by atoms with van der Waals surface area (Å²) < 4.78 is 9.67. The number of hydrogen-bond donors (Lipinski definition) is 3. The van der Waals surface area contributed by atoms with Crippen molar-refractivity contribution in [2.24, 2.45) is 0 Å². The third-order valence-electron chi connectivity index (χ3n) is 4.81. The van der Waals surface area contributed by atoms with Gasteiger partial charge < -0.3 is 30.0 Å². The number of esters is 2. The molecule has 0 saturated carbocycles. The number of halogens is 1. The van der Waals surface area contributed by atoms with E-state index < -0.39 is 23.9 Å². The molecule has 0 radical (unpaired) electrons. The zero-order chi connectivity index (χ0) is 22.5. The lowest BCUT2D eigenvalue weighted by Crippen LogP contribution is -2.57. The number of aromatic amines is 1. The Hall–Kier alpha value is -3.11. The first-order valence-corrected chi connectivity index (χ1v) is 10.1. The molecule has 1 aromatic heterocycles. The van der Waals surface area contributed by atoms with Crippen molar-refractivity contribution in [3.8, 4) is 0 Å². The maximum Gasteiger partial charge on any atom is 0.356 e. The van der Waals surface area contributed by atoms with Gasteiger partial charge in [0.15, 0.2) is 0 Å². The van der Waals surface area contributed by atoms with Gasteiger partial charge in [0.05, 0.1) is 38.4 Å². The van der Waals surface area contributed by atoms with Crippen LogP contribution in [0.3, 0.4) is 0 Å². The number of ether oxygens (including phenoxy) is 2. The van der Waals surface area contributed by atoms with Gasteiger partial charge in [0.2, 0.25) is 11.8 Å². The van der Waals surface area contributed by atoms with Gasteiger partial charge in [0, 0.05) is 29.0 Å². The zero-order valence-electron chi connectivity index (χ0n) is 17.1. The van der Waals surface area contributed by atoms with Crippen molar-refractivity contribution in [3.05, 3.63) is 28.9 Å².